The van der Waals surface area contributed by atoms with Crippen LogP contribution < -0.4 is 0 Å². The van der Waals surface area contributed by atoms with E-state index in [1.165, 1.54) is 0 Å². The zero-order chi connectivity index (χ0) is 14.6. The number of hydrogen-bond acceptors (Lipinski definition) is 1. The van der Waals surface area contributed by atoms with E-state index in [9.17, 15) is 17.6 Å². The van der Waals surface area contributed by atoms with Crippen molar-refractivity contribution in [2.75, 3.05) is 11.5 Å². The summed E-state index contributed by atoms with van der Waals surface area (Å²) in [6.07, 6.45) is 0.803. The minimum atomic E-state index is -4.00. The Hall–Kier alpha value is 0.0700. The third-order valence-electron chi connectivity index (χ3n) is 4.79. The fourth-order valence-electron chi connectivity index (χ4n) is 3.35. The first-order chi connectivity index (χ1) is 9.45. The molecule has 0 amide bonds. The highest BCUT2D eigenvalue weighted by Gasteiger charge is 2.41. The Kier molecular flexibility index (Phi) is 6.06. The van der Waals surface area contributed by atoms with E-state index in [0.717, 1.165) is 24.3 Å². The van der Waals surface area contributed by atoms with Gasteiger partial charge in [0.05, 0.1) is 5.92 Å². The summed E-state index contributed by atoms with van der Waals surface area (Å²) in [4.78, 5) is 0. The molecule has 0 N–H and O–H groups in total. The van der Waals surface area contributed by atoms with E-state index in [-0.39, 0.29) is 0 Å². The van der Waals surface area contributed by atoms with E-state index in [4.69, 9.17) is 0 Å². The topological polar surface area (TPSA) is 0 Å². The largest absolute Gasteiger partial charge is 0.391 e. The second-order valence-electron chi connectivity index (χ2n) is 6.41. The van der Waals surface area contributed by atoms with Crippen LogP contribution >= 0.6 is 11.8 Å². The van der Waals surface area contributed by atoms with E-state index in [1.54, 1.807) is 0 Å². The lowest BCUT2D eigenvalue weighted by molar-refractivity contribution is -0.183. The third kappa shape index (κ3) is 5.12. The Morgan fingerprint density at radius 1 is 0.750 bits per heavy atom. The fourth-order valence-corrected chi connectivity index (χ4v) is 4.82. The van der Waals surface area contributed by atoms with E-state index >= 15 is 0 Å². The van der Waals surface area contributed by atoms with Crippen LogP contribution in [0.4, 0.5) is 17.6 Å². The average molecular weight is 312 g/mol. The Morgan fingerprint density at radius 2 is 1.20 bits per heavy atom. The maximum absolute atomic E-state index is 13.0. The molecule has 2 rings (SSSR count). The van der Waals surface area contributed by atoms with Crippen LogP contribution in [0.25, 0.3) is 0 Å². The van der Waals surface area contributed by atoms with Crippen molar-refractivity contribution in [2.24, 2.45) is 17.8 Å². The molecule has 0 aromatic heterocycles. The molecule has 118 valence electrons. The molecule has 0 unspecified atom stereocenters. The molecule has 2 fully saturated rings. The van der Waals surface area contributed by atoms with Crippen molar-refractivity contribution >= 4 is 11.8 Å². The molecule has 0 nitrogen and oxygen atoms in total. The van der Waals surface area contributed by atoms with E-state index in [1.807, 2.05) is 11.8 Å². The molecule has 0 bridgehead atoms. The summed E-state index contributed by atoms with van der Waals surface area (Å²) < 4.78 is 50.7. The van der Waals surface area contributed by atoms with Crippen molar-refractivity contribution in [1.82, 2.24) is 0 Å². The molecule has 0 aromatic carbocycles. The van der Waals surface area contributed by atoms with Gasteiger partial charge in [-0.25, -0.2) is 4.39 Å². The molecule has 2 aliphatic rings. The summed E-state index contributed by atoms with van der Waals surface area (Å²) in [5, 5.41) is 0. The van der Waals surface area contributed by atoms with E-state index < -0.39 is 18.3 Å². The van der Waals surface area contributed by atoms with Crippen LogP contribution in [0.1, 0.15) is 51.4 Å². The van der Waals surface area contributed by atoms with Crippen LogP contribution in [-0.2, 0) is 0 Å². The van der Waals surface area contributed by atoms with Crippen LogP contribution in [0, 0.1) is 17.8 Å². The highest BCUT2D eigenvalue weighted by atomic mass is 32.2. The highest BCUT2D eigenvalue weighted by Crippen LogP contribution is 2.40. The standard InChI is InChI=1S/C15H24F4S/c16-14-7-3-12(4-8-14)10-20-9-11-1-5-13(6-2-11)15(17,18)19/h11-14H,1-10H2. The van der Waals surface area contributed by atoms with Crippen LogP contribution in [0.3, 0.4) is 0 Å². The second kappa shape index (κ2) is 7.37. The summed E-state index contributed by atoms with van der Waals surface area (Å²) in [6, 6.07) is 0. The van der Waals surface area contributed by atoms with Gasteiger partial charge in [0.15, 0.2) is 0 Å². The zero-order valence-electron chi connectivity index (χ0n) is 11.8. The molecule has 0 radical (unpaired) electrons. The van der Waals surface area contributed by atoms with Gasteiger partial charge in [-0.05, 0) is 74.7 Å². The van der Waals surface area contributed by atoms with Crippen LogP contribution in [0.5, 0.6) is 0 Å². The van der Waals surface area contributed by atoms with Crippen molar-refractivity contribution in [1.29, 1.82) is 0 Å². The smallest absolute Gasteiger partial charge is 0.247 e. The minimum absolute atomic E-state index is 0.307. The maximum Gasteiger partial charge on any atom is 0.391 e. The first-order valence-corrected chi connectivity index (χ1v) is 8.89. The number of rotatable bonds is 4. The Bertz CT molecular complexity index is 276. The van der Waals surface area contributed by atoms with Crippen LogP contribution in [0.15, 0.2) is 0 Å². The van der Waals surface area contributed by atoms with Crippen molar-refractivity contribution in [3.63, 3.8) is 0 Å². The molecule has 0 atom stereocenters. The lowest BCUT2D eigenvalue weighted by Gasteiger charge is -2.30. The van der Waals surface area contributed by atoms with Crippen molar-refractivity contribution in [3.05, 3.63) is 0 Å². The molecule has 2 saturated carbocycles. The van der Waals surface area contributed by atoms with Gasteiger partial charge in [-0.3, -0.25) is 0 Å². The fraction of sp³-hybridized carbons (Fsp3) is 1.00. The molecule has 0 spiro atoms. The van der Waals surface area contributed by atoms with Gasteiger partial charge in [0.2, 0.25) is 0 Å². The molecule has 0 aliphatic heterocycles. The summed E-state index contributed by atoms with van der Waals surface area (Å²) in [7, 11) is 0. The summed E-state index contributed by atoms with van der Waals surface area (Å²) >= 11 is 1.87. The molecule has 2 aliphatic carbocycles. The number of alkyl halides is 4. The second-order valence-corrected chi connectivity index (χ2v) is 7.49. The summed E-state index contributed by atoms with van der Waals surface area (Å²) in [5.41, 5.74) is 0. The van der Waals surface area contributed by atoms with Gasteiger partial charge in [-0.2, -0.15) is 24.9 Å². The SMILES string of the molecule is FC1CCC(CSCC2CCC(C(F)(F)F)CC2)CC1. The van der Waals surface area contributed by atoms with Gasteiger partial charge in [-0.15, -0.1) is 0 Å². The van der Waals surface area contributed by atoms with Crippen LogP contribution in [0.2, 0.25) is 0 Å². The monoisotopic (exact) mass is 312 g/mol. The number of thioether (sulfide) groups is 1. The number of hydrogen-bond donors (Lipinski definition) is 0. The molecular weight excluding hydrogens is 288 g/mol. The van der Waals surface area contributed by atoms with Gasteiger partial charge in [0, 0.05) is 0 Å². The van der Waals surface area contributed by atoms with Gasteiger partial charge in [0.25, 0.3) is 0 Å². The minimum Gasteiger partial charge on any atom is -0.247 e. The Labute approximate surface area is 123 Å². The highest BCUT2D eigenvalue weighted by molar-refractivity contribution is 7.99. The Morgan fingerprint density at radius 3 is 1.65 bits per heavy atom. The van der Waals surface area contributed by atoms with Crippen molar-refractivity contribution in [2.45, 2.75) is 63.7 Å². The first kappa shape index (κ1) is 16.4. The summed E-state index contributed by atoms with van der Waals surface area (Å²) in [5.74, 6) is 2.06. The molecule has 0 saturated heterocycles. The summed E-state index contributed by atoms with van der Waals surface area (Å²) in [6.45, 7) is 0. The van der Waals surface area contributed by atoms with Gasteiger partial charge in [0.1, 0.15) is 6.17 Å². The predicted octanol–water partition coefficient (Wildman–Crippen LogP) is 5.62. The first-order valence-electron chi connectivity index (χ1n) is 7.73. The molecule has 5 heteroatoms. The molecule has 20 heavy (non-hydrogen) atoms. The number of halogens is 4. The normalized spacial score (nSPS) is 36.0. The van der Waals surface area contributed by atoms with E-state index in [2.05, 4.69) is 0 Å². The molecule has 0 heterocycles. The van der Waals surface area contributed by atoms with Crippen molar-refractivity contribution in [3.8, 4) is 0 Å². The van der Waals surface area contributed by atoms with Gasteiger partial charge >= 0.3 is 6.18 Å². The van der Waals surface area contributed by atoms with Gasteiger partial charge in [-0.1, -0.05) is 0 Å². The van der Waals surface area contributed by atoms with Gasteiger partial charge < -0.3 is 0 Å². The lowest BCUT2D eigenvalue weighted by Crippen LogP contribution is -2.28. The van der Waals surface area contributed by atoms with Crippen LogP contribution in [-0.4, -0.2) is 23.9 Å². The Balaban J connectivity index is 1.57. The quantitative estimate of drug-likeness (QED) is 0.607. The predicted molar refractivity (Wildman–Crippen MR) is 75.7 cm³/mol. The van der Waals surface area contributed by atoms with Crippen molar-refractivity contribution < 1.29 is 17.6 Å². The third-order valence-corrected chi connectivity index (χ3v) is 6.21. The average Bonchev–Trinajstić information content (AvgIpc) is 2.41. The zero-order valence-corrected chi connectivity index (χ0v) is 12.6. The molecule has 0 aromatic rings. The lowest BCUT2D eigenvalue weighted by atomic mass is 9.82. The molecular formula is C15H24F4S. The van der Waals surface area contributed by atoms with E-state index in [0.29, 0.717) is 50.4 Å². The maximum atomic E-state index is 13.0.